The number of nitrogen functional groups attached to an aromatic ring is 1. The molecule has 0 saturated heterocycles. The van der Waals surface area contributed by atoms with E-state index in [9.17, 15) is 9.18 Å². The van der Waals surface area contributed by atoms with Crippen molar-refractivity contribution in [3.63, 3.8) is 0 Å². The van der Waals surface area contributed by atoms with Gasteiger partial charge in [-0.25, -0.2) is 19.3 Å². The van der Waals surface area contributed by atoms with Crippen LogP contribution in [0, 0.1) is 5.82 Å². The first-order valence-corrected chi connectivity index (χ1v) is 9.54. The highest BCUT2D eigenvalue weighted by molar-refractivity contribution is 5.88. The highest BCUT2D eigenvalue weighted by atomic mass is 19.1. The summed E-state index contributed by atoms with van der Waals surface area (Å²) in [5.74, 6) is -0.644. The van der Waals surface area contributed by atoms with Crippen molar-refractivity contribution in [3.05, 3.63) is 66.5 Å². The zero-order valence-electron chi connectivity index (χ0n) is 16.6. The average Bonchev–Trinajstić information content (AvgIpc) is 3.32. The lowest BCUT2D eigenvalue weighted by Crippen LogP contribution is -2.13. The van der Waals surface area contributed by atoms with E-state index in [0.717, 1.165) is 16.6 Å². The third-order valence-electron chi connectivity index (χ3n) is 5.15. The van der Waals surface area contributed by atoms with Crippen LogP contribution in [0.1, 0.15) is 5.69 Å². The first-order valence-electron chi connectivity index (χ1n) is 9.54. The van der Waals surface area contributed by atoms with Gasteiger partial charge in [0.15, 0.2) is 11.5 Å². The van der Waals surface area contributed by atoms with Gasteiger partial charge < -0.3 is 16.0 Å². The topological polar surface area (TPSA) is 117 Å². The zero-order valence-corrected chi connectivity index (χ0v) is 16.6. The van der Waals surface area contributed by atoms with Gasteiger partial charge in [-0.1, -0.05) is 6.07 Å². The zero-order chi connectivity index (χ0) is 21.7. The molecule has 3 aromatic heterocycles. The van der Waals surface area contributed by atoms with E-state index in [2.05, 4.69) is 15.0 Å². The van der Waals surface area contributed by atoms with Gasteiger partial charge in [0.2, 0.25) is 5.91 Å². The van der Waals surface area contributed by atoms with E-state index < -0.39 is 5.91 Å². The van der Waals surface area contributed by atoms with Gasteiger partial charge in [-0.05, 0) is 36.4 Å². The van der Waals surface area contributed by atoms with Crippen LogP contribution in [0.25, 0.3) is 39.2 Å². The maximum Gasteiger partial charge on any atom is 0.223 e. The second-order valence-electron chi connectivity index (χ2n) is 7.33. The Morgan fingerprint density at radius 3 is 2.58 bits per heavy atom. The molecule has 0 aliphatic carbocycles. The first-order chi connectivity index (χ1) is 14.9. The molecule has 0 unspecified atom stereocenters. The summed E-state index contributed by atoms with van der Waals surface area (Å²) in [7, 11) is 1.92. The van der Waals surface area contributed by atoms with Crippen molar-refractivity contribution in [3.8, 4) is 22.5 Å². The van der Waals surface area contributed by atoms with Crippen LogP contribution in [0.15, 0.2) is 55.0 Å². The molecule has 1 amide bonds. The number of anilines is 1. The van der Waals surface area contributed by atoms with Crippen molar-refractivity contribution in [2.24, 2.45) is 12.8 Å². The summed E-state index contributed by atoms with van der Waals surface area (Å²) in [5.41, 5.74) is 17.1. The first kappa shape index (κ1) is 18.7. The summed E-state index contributed by atoms with van der Waals surface area (Å²) in [6.07, 6.45) is 3.45. The van der Waals surface area contributed by atoms with Crippen molar-refractivity contribution in [1.82, 2.24) is 23.9 Å². The van der Waals surface area contributed by atoms with Crippen LogP contribution in [0.3, 0.4) is 0 Å². The van der Waals surface area contributed by atoms with Gasteiger partial charge in [0.25, 0.3) is 0 Å². The lowest BCUT2D eigenvalue weighted by atomic mass is 10.0. The number of fused-ring (bicyclic) bond motifs is 2. The van der Waals surface area contributed by atoms with Gasteiger partial charge in [0, 0.05) is 24.4 Å². The van der Waals surface area contributed by atoms with Crippen molar-refractivity contribution < 1.29 is 9.18 Å². The number of halogens is 1. The van der Waals surface area contributed by atoms with Gasteiger partial charge in [0.05, 0.1) is 40.9 Å². The van der Waals surface area contributed by atoms with Crippen molar-refractivity contribution in [2.75, 3.05) is 5.73 Å². The summed E-state index contributed by atoms with van der Waals surface area (Å²) in [6, 6.07) is 11.9. The highest BCUT2D eigenvalue weighted by Gasteiger charge is 2.19. The monoisotopic (exact) mass is 415 g/mol. The fraction of sp³-hybridized carbons (Fsp3) is 0.0909. The summed E-state index contributed by atoms with van der Waals surface area (Å²) in [6.45, 7) is 0. The molecule has 0 aliphatic heterocycles. The van der Waals surface area contributed by atoms with E-state index in [1.54, 1.807) is 29.1 Å². The van der Waals surface area contributed by atoms with Gasteiger partial charge >= 0.3 is 0 Å². The summed E-state index contributed by atoms with van der Waals surface area (Å²) in [5, 5.41) is 0. The Hall–Kier alpha value is -4.27. The number of aryl methyl sites for hydroxylation is 1. The maximum atomic E-state index is 13.6. The van der Waals surface area contributed by atoms with Crippen molar-refractivity contribution >= 4 is 28.4 Å². The fourth-order valence-electron chi connectivity index (χ4n) is 3.74. The molecule has 9 heteroatoms. The van der Waals surface area contributed by atoms with Crippen molar-refractivity contribution in [1.29, 1.82) is 0 Å². The van der Waals surface area contributed by atoms with Gasteiger partial charge in [0.1, 0.15) is 5.82 Å². The van der Waals surface area contributed by atoms with Crippen LogP contribution < -0.4 is 11.5 Å². The Labute approximate surface area is 176 Å². The van der Waals surface area contributed by atoms with E-state index in [1.807, 2.05) is 29.8 Å². The minimum atomic E-state index is -0.494. The molecule has 2 aromatic carbocycles. The number of primary amides is 1. The predicted octanol–water partition coefficient (Wildman–Crippen LogP) is 2.70. The van der Waals surface area contributed by atoms with Crippen LogP contribution in [0.4, 0.5) is 10.2 Å². The number of rotatable bonds is 4. The molecule has 154 valence electrons. The van der Waals surface area contributed by atoms with Gasteiger partial charge in [-0.2, -0.15) is 0 Å². The Morgan fingerprint density at radius 1 is 1.10 bits per heavy atom. The number of amides is 1. The highest BCUT2D eigenvalue weighted by Crippen LogP contribution is 2.34. The molecule has 0 atom stereocenters. The van der Waals surface area contributed by atoms with Gasteiger partial charge in [-0.15, -0.1) is 0 Å². The Morgan fingerprint density at radius 2 is 1.84 bits per heavy atom. The number of nitrogens with two attached hydrogens (primary N) is 2. The number of carbonyl (C=O) groups is 1. The van der Waals surface area contributed by atoms with E-state index in [4.69, 9.17) is 11.5 Å². The molecule has 0 fully saturated rings. The Balaban J connectivity index is 1.85. The summed E-state index contributed by atoms with van der Waals surface area (Å²) >= 11 is 0. The quantitative estimate of drug-likeness (QED) is 0.468. The predicted molar refractivity (Wildman–Crippen MR) is 115 cm³/mol. The Kier molecular flexibility index (Phi) is 4.18. The SMILES string of the molecule is Cn1cnc2ccc(-c3c(-c4ccc(F)cc4)nc(N)c4nc(CC(N)=O)cn34)cc21. The van der Waals surface area contributed by atoms with Crippen LogP contribution in [0.5, 0.6) is 0 Å². The lowest BCUT2D eigenvalue weighted by molar-refractivity contribution is -0.117. The molecule has 0 radical (unpaired) electrons. The van der Waals surface area contributed by atoms with Crippen molar-refractivity contribution in [2.45, 2.75) is 6.42 Å². The smallest absolute Gasteiger partial charge is 0.223 e. The van der Waals surface area contributed by atoms with Crippen LogP contribution in [-0.2, 0) is 18.3 Å². The van der Waals surface area contributed by atoms with Gasteiger partial charge in [-0.3, -0.25) is 9.20 Å². The van der Waals surface area contributed by atoms with E-state index in [0.29, 0.717) is 28.3 Å². The molecule has 0 aliphatic rings. The number of carbonyl (C=O) groups excluding carboxylic acids is 1. The number of nitrogens with zero attached hydrogens (tertiary/aromatic N) is 5. The molecule has 0 bridgehead atoms. The molecule has 0 saturated carbocycles. The summed E-state index contributed by atoms with van der Waals surface area (Å²) in [4.78, 5) is 24.9. The molecular formula is C22H18FN7O. The van der Waals surface area contributed by atoms with Crippen LogP contribution >= 0.6 is 0 Å². The minimum absolute atomic E-state index is 0.0206. The minimum Gasteiger partial charge on any atom is -0.381 e. The number of hydrogen-bond acceptors (Lipinski definition) is 5. The third-order valence-corrected chi connectivity index (χ3v) is 5.15. The molecule has 4 N–H and O–H groups in total. The largest absolute Gasteiger partial charge is 0.381 e. The molecule has 8 nitrogen and oxygen atoms in total. The molecule has 3 heterocycles. The number of aromatic nitrogens is 5. The second kappa shape index (κ2) is 6.91. The lowest BCUT2D eigenvalue weighted by Gasteiger charge is -2.14. The second-order valence-corrected chi connectivity index (χ2v) is 7.33. The Bertz CT molecular complexity index is 1470. The molecular weight excluding hydrogens is 397 g/mol. The summed E-state index contributed by atoms with van der Waals surface area (Å²) < 4.78 is 17.3. The third kappa shape index (κ3) is 3.16. The number of hydrogen-bond donors (Lipinski definition) is 2. The number of imidazole rings is 2. The number of benzene rings is 2. The molecule has 31 heavy (non-hydrogen) atoms. The standard InChI is InChI=1S/C22H18FN7O/c1-29-11-26-16-7-4-13(8-17(16)29)20-19(12-2-5-14(23)6-3-12)28-21(25)22-27-15(9-18(24)31)10-30(20)22/h2-8,10-11H,9H2,1H3,(H2,24,31)(H2,25,28). The maximum absolute atomic E-state index is 13.6. The molecule has 0 spiro atoms. The van der Waals surface area contributed by atoms with E-state index in [1.165, 1.54) is 12.1 Å². The average molecular weight is 415 g/mol. The van der Waals surface area contributed by atoms with Crippen LogP contribution in [-0.4, -0.2) is 29.8 Å². The molecule has 5 rings (SSSR count). The van der Waals surface area contributed by atoms with E-state index in [-0.39, 0.29) is 18.1 Å². The van der Waals surface area contributed by atoms with Crippen LogP contribution in [0.2, 0.25) is 0 Å². The normalized spacial score (nSPS) is 11.4. The molecule has 5 aromatic rings. The van der Waals surface area contributed by atoms with E-state index >= 15 is 0 Å². The fourth-order valence-corrected chi connectivity index (χ4v) is 3.74.